The van der Waals surface area contributed by atoms with Crippen molar-refractivity contribution in [2.45, 2.75) is 51.2 Å². The molecule has 0 bridgehead atoms. The van der Waals surface area contributed by atoms with Crippen LogP contribution in [0.15, 0.2) is 0 Å². The smallest absolute Gasteiger partial charge is 0.0445 e. The van der Waals surface area contributed by atoms with E-state index < -0.39 is 27.0 Å². The Hall–Kier alpha value is 0.217. The van der Waals surface area contributed by atoms with Gasteiger partial charge in [-0.05, 0) is 5.92 Å². The van der Waals surface area contributed by atoms with E-state index in [4.69, 9.17) is 9.60 Å². The molecule has 0 N–H and O–H groups in total. The Morgan fingerprint density at radius 3 is 2.80 bits per heavy atom. The van der Waals surface area contributed by atoms with Crippen LogP contribution in [0, 0.1) is 5.92 Å². The zero-order valence-corrected chi connectivity index (χ0v) is 7.48. The zero-order valence-electron chi connectivity index (χ0n) is 13.5. The minimum atomic E-state index is -3.65. The van der Waals surface area contributed by atoms with E-state index in [1.165, 1.54) is 6.55 Å². The van der Waals surface area contributed by atoms with Gasteiger partial charge >= 0.3 is 0 Å². The fraction of sp³-hybridized carbons (Fsp3) is 1.00. The molecule has 1 aliphatic rings. The second-order valence-corrected chi connectivity index (χ2v) is 6.02. The Morgan fingerprint density at radius 1 is 1.60 bits per heavy atom. The third-order valence-electron chi connectivity index (χ3n) is 1.86. The van der Waals surface area contributed by atoms with Crippen LogP contribution in [-0.4, -0.2) is 8.07 Å². The van der Waals surface area contributed by atoms with Gasteiger partial charge in [0.05, 0.1) is 0 Å². The molecule has 1 unspecified atom stereocenters. The monoisotopic (exact) mass is 163 g/mol. The summed E-state index contributed by atoms with van der Waals surface area (Å²) >= 11 is 0. The highest BCUT2D eigenvalue weighted by Crippen LogP contribution is 2.31. The lowest BCUT2D eigenvalue weighted by molar-refractivity contribution is 0.602. The highest BCUT2D eigenvalue weighted by Gasteiger charge is 2.22. The highest BCUT2D eigenvalue weighted by molar-refractivity contribution is 6.76. The molecule has 0 aromatic carbocycles. The number of rotatable bonds is 2. The summed E-state index contributed by atoms with van der Waals surface area (Å²) in [5, 5.41) is 0. The van der Waals surface area contributed by atoms with E-state index in [2.05, 4.69) is 0 Å². The molecule has 10 heavy (non-hydrogen) atoms. The van der Waals surface area contributed by atoms with Crippen LogP contribution in [0.25, 0.3) is 0 Å². The molecule has 0 heterocycles. The molecular weight excluding hydrogens is 136 g/mol. The second kappa shape index (κ2) is 3.08. The normalized spacial score (nSPS) is 40.0. The molecule has 1 aliphatic carbocycles. The maximum absolute atomic E-state index is 8.19. The van der Waals surface area contributed by atoms with Crippen LogP contribution < -0.4 is 0 Å². The van der Waals surface area contributed by atoms with E-state index in [1.54, 1.807) is 0 Å². The van der Waals surface area contributed by atoms with Gasteiger partial charge in [-0.15, -0.1) is 0 Å². The largest absolute Gasteiger partial charge is 0.0695 e. The van der Waals surface area contributed by atoms with Gasteiger partial charge in [-0.3, -0.25) is 0 Å². The summed E-state index contributed by atoms with van der Waals surface area (Å²) in [5.41, 5.74) is 0. The van der Waals surface area contributed by atoms with Gasteiger partial charge in [-0.1, -0.05) is 51.2 Å². The van der Waals surface area contributed by atoms with Crippen LogP contribution in [0.4, 0.5) is 0 Å². The molecule has 0 aromatic rings. The minimum absolute atomic E-state index is 0.280. The van der Waals surface area contributed by atoms with E-state index in [1.807, 2.05) is 0 Å². The van der Waals surface area contributed by atoms with Gasteiger partial charge in [0.25, 0.3) is 0 Å². The van der Waals surface area contributed by atoms with Crippen molar-refractivity contribution in [2.24, 2.45) is 5.92 Å². The molecule has 1 rings (SSSR count). The van der Waals surface area contributed by atoms with Gasteiger partial charge in [0.15, 0.2) is 0 Å². The lowest BCUT2D eigenvalue weighted by Gasteiger charge is -2.20. The molecule has 0 radical (unpaired) electrons. The van der Waals surface area contributed by atoms with Crippen molar-refractivity contribution in [1.29, 1.82) is 0 Å². The zero-order chi connectivity index (χ0) is 13.5. The SMILES string of the molecule is [2H]C([2H])[Si](C)(C([2H])([2H])[2H])C([2H])([2H])C1CCCC1. The summed E-state index contributed by atoms with van der Waals surface area (Å²) in [4.78, 5) is 0. The van der Waals surface area contributed by atoms with E-state index in [0.29, 0.717) is 12.8 Å². The average Bonchev–Trinajstić information content (AvgIpc) is 2.66. The van der Waals surface area contributed by atoms with Crippen LogP contribution in [0.1, 0.15) is 35.3 Å². The molecule has 60 valence electrons. The van der Waals surface area contributed by atoms with Crippen LogP contribution in [0.5, 0.6) is 0 Å². The van der Waals surface area contributed by atoms with E-state index in [9.17, 15) is 0 Å². The Labute approximate surface area is 75.9 Å². The van der Waals surface area contributed by atoms with E-state index in [-0.39, 0.29) is 5.92 Å². The van der Waals surface area contributed by atoms with E-state index in [0.717, 1.165) is 12.8 Å². The Balaban J connectivity index is 3.13. The molecule has 1 fully saturated rings. The van der Waals surface area contributed by atoms with Crippen molar-refractivity contribution < 1.29 is 9.60 Å². The summed E-state index contributed by atoms with van der Waals surface area (Å²) in [5.74, 6) is -2.14. The summed E-state index contributed by atoms with van der Waals surface area (Å²) < 4.78 is 54.1. The van der Waals surface area contributed by atoms with Gasteiger partial charge in [-0.25, -0.2) is 0 Å². The van der Waals surface area contributed by atoms with Crippen LogP contribution in [0.2, 0.25) is 25.5 Å². The third-order valence-corrected chi connectivity index (χ3v) is 2.87. The molecule has 0 aliphatic heterocycles. The standard InChI is InChI=1S/C9H20Si/c1-10(2,3)8-9-6-4-5-7-9/h9H,4-8H2,1-3H3/i1D2,2D3,8D2. The molecule has 0 saturated heterocycles. The number of hydrogen-bond acceptors (Lipinski definition) is 0. The predicted molar refractivity (Wildman–Crippen MR) is 50.1 cm³/mol. The first-order chi connectivity index (χ1) is 7.55. The lowest BCUT2D eigenvalue weighted by Crippen LogP contribution is -2.22. The van der Waals surface area contributed by atoms with Crippen molar-refractivity contribution in [3.8, 4) is 0 Å². The average molecular weight is 163 g/mol. The van der Waals surface area contributed by atoms with Crippen molar-refractivity contribution in [2.75, 3.05) is 0 Å². The fourth-order valence-corrected chi connectivity index (χ4v) is 2.63. The molecule has 0 aromatic heterocycles. The molecule has 0 spiro atoms. The summed E-state index contributed by atoms with van der Waals surface area (Å²) in [6.45, 7) is -2.69. The Morgan fingerprint density at radius 2 is 2.30 bits per heavy atom. The minimum Gasteiger partial charge on any atom is -0.0695 e. The fourth-order valence-electron chi connectivity index (χ4n) is 1.49. The summed E-state index contributed by atoms with van der Waals surface area (Å²) in [6.07, 6.45) is 3.24. The van der Waals surface area contributed by atoms with Gasteiger partial charge in [-0.2, -0.15) is 0 Å². The highest BCUT2D eigenvalue weighted by atomic mass is 28.3. The third kappa shape index (κ3) is 2.87. The summed E-state index contributed by atoms with van der Waals surface area (Å²) in [6, 6.07) is 0. The van der Waals surface area contributed by atoms with Crippen LogP contribution in [0.3, 0.4) is 0 Å². The van der Waals surface area contributed by atoms with Gasteiger partial charge < -0.3 is 0 Å². The molecule has 0 nitrogen and oxygen atoms in total. The molecular formula is C9H20Si. The molecule has 1 saturated carbocycles. The van der Waals surface area contributed by atoms with Gasteiger partial charge in [0.1, 0.15) is 0 Å². The van der Waals surface area contributed by atoms with Crippen molar-refractivity contribution >= 4 is 8.07 Å². The molecule has 1 atom stereocenters. The quantitative estimate of drug-likeness (QED) is 0.547. The predicted octanol–water partition coefficient (Wildman–Crippen LogP) is 3.51. The number of hydrogen-bond donors (Lipinski definition) is 0. The molecule has 0 amide bonds. The first-order valence-electron chi connectivity index (χ1n) is 7.55. The van der Waals surface area contributed by atoms with Crippen LogP contribution in [-0.2, 0) is 0 Å². The Kier molecular flexibility index (Phi) is 0.902. The molecule has 1 heteroatoms. The van der Waals surface area contributed by atoms with Crippen molar-refractivity contribution in [3.05, 3.63) is 0 Å². The van der Waals surface area contributed by atoms with Crippen molar-refractivity contribution in [1.82, 2.24) is 0 Å². The van der Waals surface area contributed by atoms with Crippen molar-refractivity contribution in [3.63, 3.8) is 0 Å². The van der Waals surface area contributed by atoms with Crippen LogP contribution >= 0.6 is 0 Å². The second-order valence-electron chi connectivity index (χ2n) is 3.33. The first-order valence-corrected chi connectivity index (χ1v) is 6.47. The topological polar surface area (TPSA) is 0 Å². The first kappa shape index (κ1) is 2.93. The van der Waals surface area contributed by atoms with Gasteiger partial charge in [0.2, 0.25) is 0 Å². The maximum atomic E-state index is 8.19. The van der Waals surface area contributed by atoms with Gasteiger partial charge in [0, 0.05) is 17.7 Å². The Bertz CT molecular complexity index is 269. The lowest BCUT2D eigenvalue weighted by atomic mass is 10.1. The van der Waals surface area contributed by atoms with E-state index >= 15 is 0 Å². The summed E-state index contributed by atoms with van der Waals surface area (Å²) in [7, 11) is -3.65. The maximum Gasteiger partial charge on any atom is 0.0445 e.